The molecule has 4 saturated heterocycles. The third-order valence-electron chi connectivity index (χ3n) is 20.7. The van der Waals surface area contributed by atoms with Crippen LogP contribution in [0, 0.1) is 0 Å². The highest BCUT2D eigenvalue weighted by molar-refractivity contribution is 7.99. The number of hydrogen-bond donors (Lipinski definition) is 0. The van der Waals surface area contributed by atoms with Crippen LogP contribution >= 0.6 is 11.8 Å². The normalized spacial score (nSPS) is 25.4. The molecule has 19 atom stereocenters. The average Bonchev–Trinajstić information content (AvgIpc) is 0.820. The molecule has 0 aliphatic carbocycles. The van der Waals surface area contributed by atoms with Gasteiger partial charge in [0.25, 0.3) is 0 Å². The summed E-state index contributed by atoms with van der Waals surface area (Å²) in [6, 6.07) is 87.6. The molecular formula is C97H94O26S. The molecule has 644 valence electrons. The number of carbonyl (C=O) groups is 7. The molecule has 10 aromatic rings. The number of carbonyl (C=O) groups excluding carboxylic acids is 7. The molecule has 26 nitrogen and oxygen atoms in total. The second-order valence-corrected chi connectivity index (χ2v) is 30.6. The van der Waals surface area contributed by atoms with Crippen LogP contribution < -0.4 is 0 Å². The minimum absolute atomic E-state index is 0.0339. The van der Waals surface area contributed by atoms with Crippen LogP contribution in [0.25, 0.3) is 0 Å². The van der Waals surface area contributed by atoms with Crippen molar-refractivity contribution in [2.75, 3.05) is 26.9 Å². The number of benzene rings is 10. The van der Waals surface area contributed by atoms with Crippen molar-refractivity contribution in [2.45, 2.75) is 168 Å². The first-order chi connectivity index (χ1) is 60.7. The van der Waals surface area contributed by atoms with Gasteiger partial charge in [0.15, 0.2) is 49.2 Å². The van der Waals surface area contributed by atoms with E-state index in [-0.39, 0.29) is 68.5 Å². The van der Waals surface area contributed by atoms with Gasteiger partial charge in [-0.15, -0.1) is 0 Å². The van der Waals surface area contributed by atoms with Crippen molar-refractivity contribution in [1.82, 2.24) is 0 Å². The van der Waals surface area contributed by atoms with Gasteiger partial charge >= 0.3 is 41.8 Å². The van der Waals surface area contributed by atoms with E-state index in [9.17, 15) is 24.0 Å². The van der Waals surface area contributed by atoms with Crippen molar-refractivity contribution >= 4 is 53.5 Å². The quantitative estimate of drug-likeness (QED) is 0.0260. The lowest BCUT2D eigenvalue weighted by atomic mass is 9.94. The smallest absolute Gasteiger partial charge is 0.339 e. The fraction of sp³-hybridized carbons (Fsp3) is 0.309. The maximum absolute atomic E-state index is 15.6. The monoisotopic (exact) mass is 1710 g/mol. The molecule has 0 saturated carbocycles. The summed E-state index contributed by atoms with van der Waals surface area (Å²) in [5.74, 6) is -7.41. The standard InChI is InChI=1S/C97H94O26S/c1-62(98)107-60-76-79(113-63(2)99)81(122-96-87(120-92(103)72-50-30-12-31-51-72)83(118-90(101)70-46-26-10-27-47-70)82(84(123-96)93(104)105-3)117-89(100)69-44-24-9-25-45-69)86(119-91(102)71-48-28-11-29-49-71)95(116-76)121-80-77(108-55-65-36-16-5-17-37-65)74(59-106-54-64-34-14-4-15-35-64)114-94(85(80)110-57-67-40-20-7-21-41-67)115-75-61-112-97(124-73-52-32-13-33-53-73)88(111-58-68-42-22-8-23-43-68)78(75)109-56-66-38-18-6-19-39-66/h4-53,74-88,94-97H,54-61H2,1-3H3/t74-,75-,76-,77+,78+,79+,80+,81+,82+,83+,84+,85-,86-,87-,88-,94+,95+,96-,97-/m1/s1. The van der Waals surface area contributed by atoms with Crippen LogP contribution in [0.4, 0.5) is 0 Å². The van der Waals surface area contributed by atoms with Gasteiger partial charge in [-0.1, -0.05) is 254 Å². The first kappa shape index (κ1) is 88.7. The first-order valence-electron chi connectivity index (χ1n) is 40.6. The van der Waals surface area contributed by atoms with E-state index in [2.05, 4.69) is 0 Å². The third kappa shape index (κ3) is 24.0. The summed E-state index contributed by atoms with van der Waals surface area (Å²) in [5, 5.41) is 0. The van der Waals surface area contributed by atoms with E-state index in [4.69, 9.17) is 90.0 Å². The van der Waals surface area contributed by atoms with E-state index in [0.29, 0.717) is 11.1 Å². The van der Waals surface area contributed by atoms with Crippen LogP contribution in [0.5, 0.6) is 0 Å². The number of methoxy groups -OCH3 is 1. The molecule has 4 fully saturated rings. The highest BCUT2D eigenvalue weighted by Gasteiger charge is 2.62. The minimum Gasteiger partial charge on any atom is -0.467 e. The molecule has 0 aromatic heterocycles. The van der Waals surface area contributed by atoms with Gasteiger partial charge in [0, 0.05) is 18.7 Å². The second-order valence-electron chi connectivity index (χ2n) is 29.4. The van der Waals surface area contributed by atoms with E-state index in [1.807, 2.05) is 182 Å². The van der Waals surface area contributed by atoms with E-state index in [1.54, 1.807) is 72.8 Å². The van der Waals surface area contributed by atoms with Crippen LogP contribution in [0.15, 0.2) is 308 Å². The average molecular weight is 1710 g/mol. The van der Waals surface area contributed by atoms with Crippen LogP contribution in [0.3, 0.4) is 0 Å². The Morgan fingerprint density at radius 2 is 0.669 bits per heavy atom. The summed E-state index contributed by atoms with van der Waals surface area (Å²) in [7, 11) is 1.01. The number of ether oxygens (including phenoxy) is 19. The molecule has 10 aromatic carbocycles. The molecule has 0 amide bonds. The van der Waals surface area contributed by atoms with Gasteiger partial charge in [0.2, 0.25) is 6.29 Å². The van der Waals surface area contributed by atoms with Crippen LogP contribution in [0.2, 0.25) is 0 Å². The minimum atomic E-state index is -2.32. The number of esters is 7. The van der Waals surface area contributed by atoms with E-state index in [0.717, 1.165) is 42.5 Å². The predicted octanol–water partition coefficient (Wildman–Crippen LogP) is 13.6. The lowest BCUT2D eigenvalue weighted by Gasteiger charge is -2.51. The zero-order valence-corrected chi connectivity index (χ0v) is 68.8. The zero-order chi connectivity index (χ0) is 85.9. The molecule has 4 aliphatic rings. The predicted molar refractivity (Wildman–Crippen MR) is 446 cm³/mol. The molecule has 4 aliphatic heterocycles. The van der Waals surface area contributed by atoms with Crippen molar-refractivity contribution < 1.29 is 124 Å². The Labute approximate surface area is 721 Å². The highest BCUT2D eigenvalue weighted by atomic mass is 32.2. The van der Waals surface area contributed by atoms with Crippen molar-refractivity contribution in [3.05, 3.63) is 353 Å². The second kappa shape index (κ2) is 44.6. The molecule has 27 heteroatoms. The van der Waals surface area contributed by atoms with Crippen LogP contribution in [0.1, 0.15) is 83.1 Å². The Morgan fingerprint density at radius 1 is 0.323 bits per heavy atom. The molecule has 14 rings (SSSR count). The Morgan fingerprint density at radius 3 is 1.10 bits per heavy atom. The zero-order valence-electron chi connectivity index (χ0n) is 68.0. The SMILES string of the molecule is COC(=O)[C@H]1O[C@@H](O[C@H]2[C@@H](OC(C)=O)[C@@H](COC(C)=O)O[C@@H](O[C@H]3[C@@H](OCc4ccccc4)[C@@H](COCc4ccccc4)O[C@@H](O[C@@H]4CO[C@H](Sc5ccccc5)[C@H](OCc5ccccc5)[C@H]4OCc4ccccc4)[C@@H]3OCc3ccccc3)[C@@H]2OC(=O)c2ccccc2)[C@H](OC(=O)c2ccccc2)[C@@H](OC(=O)c2ccccc2)[C@@H]1OC(=O)c1ccccc1. The number of thioether (sulfide) groups is 1. The summed E-state index contributed by atoms with van der Waals surface area (Å²) in [6.07, 6.45) is -31.2. The van der Waals surface area contributed by atoms with Gasteiger partial charge in [-0.3, -0.25) is 9.59 Å². The third-order valence-corrected chi connectivity index (χ3v) is 21.9. The van der Waals surface area contributed by atoms with Crippen molar-refractivity contribution in [3.63, 3.8) is 0 Å². The van der Waals surface area contributed by atoms with Gasteiger partial charge in [-0.2, -0.15) is 0 Å². The van der Waals surface area contributed by atoms with E-state index in [1.165, 1.54) is 60.3 Å². The Hall–Kier alpha value is -11.6. The lowest BCUT2D eigenvalue weighted by molar-refractivity contribution is -0.389. The van der Waals surface area contributed by atoms with Crippen molar-refractivity contribution in [2.24, 2.45) is 0 Å². The van der Waals surface area contributed by atoms with Gasteiger partial charge in [0.1, 0.15) is 67.0 Å². The molecular weight excluding hydrogens is 1610 g/mol. The summed E-state index contributed by atoms with van der Waals surface area (Å²) < 4.78 is 130. The van der Waals surface area contributed by atoms with E-state index >= 15 is 9.59 Å². The number of hydrogen-bond acceptors (Lipinski definition) is 27. The number of rotatable bonds is 36. The summed E-state index contributed by atoms with van der Waals surface area (Å²) in [6.45, 7) is 1.02. The van der Waals surface area contributed by atoms with E-state index < -0.39 is 164 Å². The van der Waals surface area contributed by atoms with Crippen LogP contribution in [-0.2, 0) is 137 Å². The van der Waals surface area contributed by atoms with Gasteiger partial charge in [0.05, 0.1) is 75.6 Å². The largest absolute Gasteiger partial charge is 0.467 e. The van der Waals surface area contributed by atoms with Gasteiger partial charge in [-0.05, 0) is 88.5 Å². The molecule has 0 spiro atoms. The molecule has 0 radical (unpaired) electrons. The first-order valence-corrected chi connectivity index (χ1v) is 41.5. The topological polar surface area (TPSA) is 295 Å². The molecule has 4 heterocycles. The molecule has 0 unspecified atom stereocenters. The van der Waals surface area contributed by atoms with Crippen molar-refractivity contribution in [3.8, 4) is 0 Å². The summed E-state index contributed by atoms with van der Waals surface area (Å²) >= 11 is 1.45. The summed E-state index contributed by atoms with van der Waals surface area (Å²) in [4.78, 5) is 104. The van der Waals surface area contributed by atoms with Crippen molar-refractivity contribution in [1.29, 1.82) is 0 Å². The maximum atomic E-state index is 15.6. The fourth-order valence-electron chi connectivity index (χ4n) is 14.7. The fourth-order valence-corrected chi connectivity index (χ4v) is 15.8. The van der Waals surface area contributed by atoms with Gasteiger partial charge in [-0.25, -0.2) is 24.0 Å². The molecule has 0 bridgehead atoms. The van der Waals surface area contributed by atoms with Crippen LogP contribution in [-0.4, -0.2) is 185 Å². The van der Waals surface area contributed by atoms with Gasteiger partial charge < -0.3 is 90.0 Å². The summed E-state index contributed by atoms with van der Waals surface area (Å²) in [5.41, 5.74) is 2.96. The Kier molecular flexibility index (Phi) is 31.9. The Bertz CT molecular complexity index is 5000. The lowest BCUT2D eigenvalue weighted by Crippen LogP contribution is -2.69. The molecule has 0 N–H and O–H groups in total. The Balaban J connectivity index is 0.941. The highest BCUT2D eigenvalue weighted by Crippen LogP contribution is 2.43. The maximum Gasteiger partial charge on any atom is 0.339 e. The molecule has 124 heavy (non-hydrogen) atoms.